The lowest BCUT2D eigenvalue weighted by Crippen LogP contribution is -2.59. The number of piperidine rings is 2. The number of carbonyl (C=O) groups is 1. The van der Waals surface area contributed by atoms with Crippen LogP contribution < -0.4 is 5.32 Å². The standard InChI is InChI=1S/C12H18N4O2S/c1-8-10(19-15-14-8)11(17)16-5-3-12(18)2-4-13-6-9(12)7-16/h9,13,18H,2-7H2,1H3. The van der Waals surface area contributed by atoms with Crippen molar-refractivity contribution in [3.05, 3.63) is 10.6 Å². The van der Waals surface area contributed by atoms with E-state index in [0.717, 1.165) is 31.0 Å². The second-order valence-corrected chi connectivity index (χ2v) is 6.20. The molecule has 1 aromatic rings. The van der Waals surface area contributed by atoms with Gasteiger partial charge in [-0.25, -0.2) is 0 Å². The van der Waals surface area contributed by atoms with E-state index >= 15 is 0 Å². The molecule has 19 heavy (non-hydrogen) atoms. The molecule has 0 saturated carbocycles. The van der Waals surface area contributed by atoms with Crippen LogP contribution in [0.3, 0.4) is 0 Å². The maximum absolute atomic E-state index is 12.4. The molecule has 0 radical (unpaired) electrons. The van der Waals surface area contributed by atoms with Gasteiger partial charge in [-0.1, -0.05) is 4.49 Å². The summed E-state index contributed by atoms with van der Waals surface area (Å²) in [5, 5.41) is 17.8. The summed E-state index contributed by atoms with van der Waals surface area (Å²) >= 11 is 1.15. The van der Waals surface area contributed by atoms with Crippen molar-refractivity contribution in [1.82, 2.24) is 19.8 Å². The third kappa shape index (κ3) is 2.26. The van der Waals surface area contributed by atoms with Crippen LogP contribution in [0.2, 0.25) is 0 Å². The summed E-state index contributed by atoms with van der Waals surface area (Å²) in [5.41, 5.74) is 0.0980. The minimum absolute atomic E-state index is 0.000114. The number of aryl methyl sites for hydroxylation is 1. The maximum Gasteiger partial charge on any atom is 0.267 e. The van der Waals surface area contributed by atoms with Gasteiger partial charge in [0.25, 0.3) is 5.91 Å². The number of amides is 1. The van der Waals surface area contributed by atoms with Gasteiger partial charge < -0.3 is 15.3 Å². The van der Waals surface area contributed by atoms with Crippen LogP contribution >= 0.6 is 11.5 Å². The molecule has 3 heterocycles. The van der Waals surface area contributed by atoms with Gasteiger partial charge in [0.1, 0.15) is 4.88 Å². The summed E-state index contributed by atoms with van der Waals surface area (Å²) in [6, 6.07) is 0. The van der Waals surface area contributed by atoms with Gasteiger partial charge in [-0.15, -0.1) is 5.10 Å². The Balaban J connectivity index is 1.74. The molecule has 2 N–H and O–H groups in total. The van der Waals surface area contributed by atoms with E-state index in [0.29, 0.717) is 30.1 Å². The Bertz CT molecular complexity index is 492. The van der Waals surface area contributed by atoms with Crippen molar-refractivity contribution in [2.24, 2.45) is 5.92 Å². The largest absolute Gasteiger partial charge is 0.389 e. The van der Waals surface area contributed by atoms with Crippen molar-refractivity contribution in [3.63, 3.8) is 0 Å². The molecule has 2 aliphatic rings. The first-order chi connectivity index (χ1) is 9.10. The lowest BCUT2D eigenvalue weighted by atomic mass is 9.76. The third-order valence-corrected chi connectivity index (χ3v) is 5.09. The molecule has 6 nitrogen and oxygen atoms in total. The highest BCUT2D eigenvalue weighted by atomic mass is 32.1. The summed E-state index contributed by atoms with van der Waals surface area (Å²) < 4.78 is 3.82. The first kappa shape index (κ1) is 13.0. The highest BCUT2D eigenvalue weighted by Crippen LogP contribution is 2.33. The molecule has 0 aliphatic carbocycles. The van der Waals surface area contributed by atoms with Crippen molar-refractivity contribution in [2.75, 3.05) is 26.2 Å². The zero-order valence-electron chi connectivity index (χ0n) is 10.9. The van der Waals surface area contributed by atoms with Crippen molar-refractivity contribution in [1.29, 1.82) is 0 Å². The van der Waals surface area contributed by atoms with Gasteiger partial charge in [0.2, 0.25) is 0 Å². The number of hydrogen-bond acceptors (Lipinski definition) is 6. The Morgan fingerprint density at radius 1 is 1.58 bits per heavy atom. The van der Waals surface area contributed by atoms with Gasteiger partial charge in [0, 0.05) is 25.6 Å². The van der Waals surface area contributed by atoms with Crippen molar-refractivity contribution < 1.29 is 9.90 Å². The maximum atomic E-state index is 12.4. The minimum Gasteiger partial charge on any atom is -0.389 e. The van der Waals surface area contributed by atoms with E-state index < -0.39 is 5.60 Å². The van der Waals surface area contributed by atoms with Crippen LogP contribution in [-0.2, 0) is 0 Å². The van der Waals surface area contributed by atoms with Crippen LogP contribution in [0.4, 0.5) is 0 Å². The van der Waals surface area contributed by atoms with E-state index in [4.69, 9.17) is 0 Å². The van der Waals surface area contributed by atoms with Gasteiger partial charge in [-0.2, -0.15) is 0 Å². The van der Waals surface area contributed by atoms with Crippen molar-refractivity contribution in [3.8, 4) is 0 Å². The number of nitrogens with one attached hydrogen (secondary N) is 1. The summed E-state index contributed by atoms with van der Waals surface area (Å²) in [7, 11) is 0. The van der Waals surface area contributed by atoms with Crippen LogP contribution in [0.5, 0.6) is 0 Å². The van der Waals surface area contributed by atoms with Crippen molar-refractivity contribution >= 4 is 17.4 Å². The van der Waals surface area contributed by atoms with Crippen molar-refractivity contribution in [2.45, 2.75) is 25.4 Å². The van der Waals surface area contributed by atoms with E-state index in [1.807, 2.05) is 4.90 Å². The molecule has 104 valence electrons. The quantitative estimate of drug-likeness (QED) is 0.760. The lowest BCUT2D eigenvalue weighted by molar-refractivity contribution is -0.0816. The summed E-state index contributed by atoms with van der Waals surface area (Å²) in [5.74, 6) is 0.125. The third-order valence-electron chi connectivity index (χ3n) is 4.27. The van der Waals surface area contributed by atoms with Gasteiger partial charge in [0.15, 0.2) is 0 Å². The number of aliphatic hydroxyl groups is 1. The number of carbonyl (C=O) groups excluding carboxylic acids is 1. The molecule has 2 saturated heterocycles. The van der Waals surface area contributed by atoms with Gasteiger partial charge in [-0.05, 0) is 37.8 Å². The smallest absolute Gasteiger partial charge is 0.267 e. The summed E-state index contributed by atoms with van der Waals surface area (Å²) in [6.07, 6.45) is 1.44. The normalized spacial score (nSPS) is 31.1. The van der Waals surface area contributed by atoms with Crippen LogP contribution in [0.1, 0.15) is 28.2 Å². The van der Waals surface area contributed by atoms with E-state index in [-0.39, 0.29) is 11.8 Å². The number of hydrogen-bond donors (Lipinski definition) is 2. The molecule has 1 amide bonds. The zero-order chi connectivity index (χ0) is 13.5. The summed E-state index contributed by atoms with van der Waals surface area (Å²) in [6.45, 7) is 4.67. The summed E-state index contributed by atoms with van der Waals surface area (Å²) in [4.78, 5) is 14.9. The number of likely N-dealkylation sites (tertiary alicyclic amines) is 1. The Hall–Kier alpha value is -1.05. The van der Waals surface area contributed by atoms with Crippen LogP contribution in [0.15, 0.2) is 0 Å². The number of fused-ring (bicyclic) bond motifs is 1. The molecule has 2 aliphatic heterocycles. The molecule has 0 bridgehead atoms. The molecule has 2 unspecified atom stereocenters. The lowest BCUT2D eigenvalue weighted by Gasteiger charge is -2.47. The molecule has 2 atom stereocenters. The van der Waals surface area contributed by atoms with Crippen LogP contribution in [0.25, 0.3) is 0 Å². The molecule has 2 fully saturated rings. The number of rotatable bonds is 1. The van der Waals surface area contributed by atoms with Crippen LogP contribution in [0, 0.1) is 12.8 Å². The fraction of sp³-hybridized carbons (Fsp3) is 0.750. The predicted octanol–water partition coefficient (Wildman–Crippen LogP) is 0.0330. The predicted molar refractivity (Wildman–Crippen MR) is 71.1 cm³/mol. The number of aromatic nitrogens is 2. The van der Waals surface area contributed by atoms with E-state index in [2.05, 4.69) is 14.9 Å². The molecular weight excluding hydrogens is 264 g/mol. The average molecular weight is 282 g/mol. The minimum atomic E-state index is -0.594. The Morgan fingerprint density at radius 3 is 3.16 bits per heavy atom. The monoisotopic (exact) mass is 282 g/mol. The molecule has 7 heteroatoms. The first-order valence-corrected chi connectivity index (χ1v) is 7.39. The Labute approximate surface area is 116 Å². The second kappa shape index (κ2) is 4.81. The van der Waals surface area contributed by atoms with Gasteiger partial charge in [-0.3, -0.25) is 4.79 Å². The van der Waals surface area contributed by atoms with Gasteiger partial charge in [0.05, 0.1) is 11.3 Å². The molecule has 0 spiro atoms. The van der Waals surface area contributed by atoms with Gasteiger partial charge >= 0.3 is 0 Å². The molecule has 3 rings (SSSR count). The topological polar surface area (TPSA) is 78.4 Å². The SMILES string of the molecule is Cc1nnsc1C(=O)N1CCC2(O)CCNCC2C1. The van der Waals surface area contributed by atoms with E-state index in [1.54, 1.807) is 6.92 Å². The second-order valence-electron chi connectivity index (χ2n) is 5.44. The fourth-order valence-electron chi connectivity index (χ4n) is 2.98. The molecule has 0 aromatic carbocycles. The first-order valence-electron chi connectivity index (χ1n) is 6.61. The Morgan fingerprint density at radius 2 is 2.42 bits per heavy atom. The average Bonchev–Trinajstić information content (AvgIpc) is 2.83. The Kier molecular flexibility index (Phi) is 3.28. The highest BCUT2D eigenvalue weighted by Gasteiger charge is 2.44. The molecule has 1 aromatic heterocycles. The molecular formula is C12H18N4O2S. The number of nitrogens with zero attached hydrogens (tertiary/aromatic N) is 3. The highest BCUT2D eigenvalue weighted by molar-refractivity contribution is 7.07. The van der Waals surface area contributed by atoms with E-state index in [1.165, 1.54) is 0 Å². The van der Waals surface area contributed by atoms with Crippen LogP contribution in [-0.4, -0.2) is 57.3 Å². The van der Waals surface area contributed by atoms with E-state index in [9.17, 15) is 9.90 Å². The fourth-order valence-corrected chi connectivity index (χ4v) is 3.61. The zero-order valence-corrected chi connectivity index (χ0v) is 11.7.